The molecule has 1 aliphatic rings. The molecule has 0 aromatic carbocycles. The van der Waals surface area contributed by atoms with Gasteiger partial charge in [0.1, 0.15) is 5.69 Å². The van der Waals surface area contributed by atoms with Crippen LogP contribution in [0.4, 0.5) is 13.2 Å². The summed E-state index contributed by atoms with van der Waals surface area (Å²) in [4.78, 5) is 21.9. The van der Waals surface area contributed by atoms with Gasteiger partial charge in [-0.2, -0.15) is 13.2 Å². The minimum atomic E-state index is -4.52. The van der Waals surface area contributed by atoms with Gasteiger partial charge in [0.05, 0.1) is 19.1 Å². The average molecular weight is 423 g/mol. The molecule has 2 aromatic heterocycles. The summed E-state index contributed by atoms with van der Waals surface area (Å²) in [6.45, 7) is 1.78. The summed E-state index contributed by atoms with van der Waals surface area (Å²) in [6, 6.07) is 5.57. The third-order valence-corrected chi connectivity index (χ3v) is 5.11. The van der Waals surface area contributed by atoms with Crippen molar-refractivity contribution in [3.8, 4) is 0 Å². The predicted octanol–water partition coefficient (Wildman–Crippen LogP) is 3.03. The summed E-state index contributed by atoms with van der Waals surface area (Å²) in [7, 11) is 0. The molecular weight excluding hydrogens is 399 g/mol. The highest BCUT2D eigenvalue weighted by atomic mass is 19.4. The molecule has 0 bridgehead atoms. The number of halogens is 3. The van der Waals surface area contributed by atoms with Crippen molar-refractivity contribution in [3.63, 3.8) is 0 Å². The van der Waals surface area contributed by atoms with Gasteiger partial charge in [0.2, 0.25) is 5.91 Å². The lowest BCUT2D eigenvalue weighted by atomic mass is 9.98. The molecule has 0 aliphatic carbocycles. The zero-order valence-corrected chi connectivity index (χ0v) is 16.4. The summed E-state index contributed by atoms with van der Waals surface area (Å²) in [6.07, 6.45) is 0.321. The van der Waals surface area contributed by atoms with Gasteiger partial charge in [0.25, 0.3) is 0 Å². The molecule has 1 fully saturated rings. The van der Waals surface area contributed by atoms with Crippen LogP contribution in [0, 0.1) is 5.92 Å². The molecule has 1 amide bonds. The normalized spacial score (nSPS) is 16.3. The van der Waals surface area contributed by atoms with Crippen LogP contribution >= 0.6 is 0 Å². The lowest BCUT2D eigenvalue weighted by molar-refractivity contribution is -0.141. The van der Waals surface area contributed by atoms with Gasteiger partial charge in [-0.15, -0.1) is 0 Å². The molecule has 0 spiro atoms. The Kier molecular flexibility index (Phi) is 7.38. The topological polar surface area (TPSA) is 75.6 Å². The van der Waals surface area contributed by atoms with Crippen molar-refractivity contribution in [1.29, 1.82) is 0 Å². The van der Waals surface area contributed by atoms with E-state index in [1.165, 1.54) is 6.07 Å². The lowest BCUT2D eigenvalue weighted by Crippen LogP contribution is -2.40. The first-order valence-electron chi connectivity index (χ1n) is 9.78. The van der Waals surface area contributed by atoms with Gasteiger partial charge in [-0.25, -0.2) is 0 Å². The van der Waals surface area contributed by atoms with E-state index >= 15 is 0 Å². The van der Waals surface area contributed by atoms with Crippen molar-refractivity contribution in [2.75, 3.05) is 26.3 Å². The number of alkyl halides is 3. The first kappa shape index (κ1) is 22.2. The number of amides is 1. The van der Waals surface area contributed by atoms with Crippen molar-refractivity contribution in [2.45, 2.75) is 31.5 Å². The maximum atomic E-state index is 13.0. The van der Waals surface area contributed by atoms with E-state index in [9.17, 15) is 23.1 Å². The van der Waals surface area contributed by atoms with E-state index in [-0.39, 0.29) is 24.8 Å². The molecule has 162 valence electrons. The summed E-state index contributed by atoms with van der Waals surface area (Å²) >= 11 is 0. The number of hydrogen-bond donors (Lipinski definition) is 1. The summed E-state index contributed by atoms with van der Waals surface area (Å²) in [5, 5.41) is 10.6. The molecule has 3 rings (SSSR count). The first-order chi connectivity index (χ1) is 14.3. The standard InChI is InChI=1S/C21H24F3N3O3/c22-21(23,24)19-4-3-16(11-26-19)10-20(29)27(13-15-5-8-30-9-6-15)14-18(28)17-2-1-7-25-12-17/h1-4,7,11-12,15,18,28H,5-6,8-10,13-14H2. The lowest BCUT2D eigenvalue weighted by Gasteiger charge is -2.31. The Labute approximate surface area is 172 Å². The third kappa shape index (κ3) is 6.24. The molecule has 1 aliphatic heterocycles. The van der Waals surface area contributed by atoms with Crippen molar-refractivity contribution in [2.24, 2.45) is 5.92 Å². The van der Waals surface area contributed by atoms with Crippen molar-refractivity contribution >= 4 is 5.91 Å². The summed E-state index contributed by atoms with van der Waals surface area (Å²) in [5.41, 5.74) is -0.0101. The average Bonchev–Trinajstić information content (AvgIpc) is 2.74. The third-order valence-electron chi connectivity index (χ3n) is 5.11. The SMILES string of the molecule is O=C(Cc1ccc(C(F)(F)F)nc1)N(CC1CCOCC1)CC(O)c1cccnc1. The van der Waals surface area contributed by atoms with E-state index in [1.807, 2.05) is 0 Å². The van der Waals surface area contributed by atoms with Gasteiger partial charge in [0, 0.05) is 43.9 Å². The number of aromatic nitrogens is 2. The van der Waals surface area contributed by atoms with E-state index in [4.69, 9.17) is 4.74 Å². The zero-order valence-electron chi connectivity index (χ0n) is 16.4. The molecule has 6 nitrogen and oxygen atoms in total. The molecular formula is C21H24F3N3O3. The Morgan fingerprint density at radius 2 is 2.00 bits per heavy atom. The Morgan fingerprint density at radius 1 is 1.23 bits per heavy atom. The van der Waals surface area contributed by atoms with Gasteiger partial charge in [-0.3, -0.25) is 14.8 Å². The summed E-state index contributed by atoms with van der Waals surface area (Å²) < 4.78 is 43.4. The number of ether oxygens (including phenoxy) is 1. The van der Waals surface area contributed by atoms with Gasteiger partial charge in [-0.05, 0) is 36.5 Å². The van der Waals surface area contributed by atoms with E-state index in [1.54, 1.807) is 29.4 Å². The first-order valence-corrected chi connectivity index (χ1v) is 9.78. The molecule has 1 N–H and O–H groups in total. The van der Waals surface area contributed by atoms with Crippen LogP contribution in [-0.2, 0) is 22.1 Å². The monoisotopic (exact) mass is 423 g/mol. The largest absolute Gasteiger partial charge is 0.433 e. The van der Waals surface area contributed by atoms with Gasteiger partial charge in [0.15, 0.2) is 0 Å². The highest BCUT2D eigenvalue weighted by molar-refractivity contribution is 5.78. The molecule has 0 radical (unpaired) electrons. The van der Waals surface area contributed by atoms with Gasteiger partial charge in [-0.1, -0.05) is 12.1 Å². The molecule has 3 heterocycles. The molecule has 30 heavy (non-hydrogen) atoms. The minimum Gasteiger partial charge on any atom is -0.386 e. The van der Waals surface area contributed by atoms with Crippen molar-refractivity contribution in [3.05, 3.63) is 59.7 Å². The number of pyridine rings is 2. The highest BCUT2D eigenvalue weighted by Gasteiger charge is 2.32. The van der Waals surface area contributed by atoms with Crippen LogP contribution in [0.15, 0.2) is 42.9 Å². The van der Waals surface area contributed by atoms with Crippen LogP contribution in [0.2, 0.25) is 0 Å². The Balaban J connectivity index is 1.70. The van der Waals surface area contributed by atoms with Gasteiger partial charge >= 0.3 is 6.18 Å². The van der Waals surface area contributed by atoms with Crippen LogP contribution in [0.1, 0.15) is 35.8 Å². The summed E-state index contributed by atoms with van der Waals surface area (Å²) in [5.74, 6) is -0.0273. The Bertz CT molecular complexity index is 810. The van der Waals surface area contributed by atoms with Crippen LogP contribution in [-0.4, -0.2) is 52.2 Å². The molecule has 2 aromatic rings. The number of aliphatic hydroxyl groups is 1. The number of carbonyl (C=O) groups is 1. The maximum absolute atomic E-state index is 13.0. The quantitative estimate of drug-likeness (QED) is 0.741. The van der Waals surface area contributed by atoms with Crippen molar-refractivity contribution in [1.82, 2.24) is 14.9 Å². The number of aliphatic hydroxyl groups excluding tert-OH is 1. The second-order valence-corrected chi connectivity index (χ2v) is 7.38. The van der Waals surface area contributed by atoms with E-state index < -0.39 is 18.0 Å². The maximum Gasteiger partial charge on any atom is 0.433 e. The van der Waals surface area contributed by atoms with Crippen LogP contribution < -0.4 is 0 Å². The van der Waals surface area contributed by atoms with Crippen LogP contribution in [0.5, 0.6) is 0 Å². The van der Waals surface area contributed by atoms with E-state index in [2.05, 4.69) is 9.97 Å². The number of nitrogens with zero attached hydrogens (tertiary/aromatic N) is 3. The number of rotatable bonds is 7. The number of hydrogen-bond acceptors (Lipinski definition) is 5. The second-order valence-electron chi connectivity index (χ2n) is 7.38. The zero-order chi connectivity index (χ0) is 21.6. The number of carbonyl (C=O) groups excluding carboxylic acids is 1. The fourth-order valence-corrected chi connectivity index (χ4v) is 3.39. The minimum absolute atomic E-state index is 0.0793. The Morgan fingerprint density at radius 3 is 2.60 bits per heavy atom. The van der Waals surface area contributed by atoms with Crippen molar-refractivity contribution < 1.29 is 27.8 Å². The smallest absolute Gasteiger partial charge is 0.386 e. The molecule has 1 atom stereocenters. The fraction of sp³-hybridized carbons (Fsp3) is 0.476. The molecule has 1 saturated heterocycles. The Hall–Kier alpha value is -2.52. The highest BCUT2D eigenvalue weighted by Crippen LogP contribution is 2.27. The van der Waals surface area contributed by atoms with Crippen LogP contribution in [0.25, 0.3) is 0 Å². The molecule has 1 unspecified atom stereocenters. The molecule has 0 saturated carbocycles. The predicted molar refractivity (Wildman–Crippen MR) is 102 cm³/mol. The molecule has 9 heteroatoms. The van der Waals surface area contributed by atoms with E-state index in [0.29, 0.717) is 30.9 Å². The van der Waals surface area contributed by atoms with Gasteiger partial charge < -0.3 is 14.7 Å². The van der Waals surface area contributed by atoms with E-state index in [0.717, 1.165) is 25.1 Å². The fourth-order valence-electron chi connectivity index (χ4n) is 3.39. The van der Waals surface area contributed by atoms with Crippen LogP contribution in [0.3, 0.4) is 0 Å². The second kappa shape index (κ2) is 9.99.